The lowest BCUT2D eigenvalue weighted by atomic mass is 9.62. The number of nitrogens with one attached hydrogen (secondary N) is 1. The number of carbonyl (C=O) groups excluding carboxylic acids is 2. The number of ether oxygens (including phenoxy) is 3. The summed E-state index contributed by atoms with van der Waals surface area (Å²) in [4.78, 5) is 26.9. The summed E-state index contributed by atoms with van der Waals surface area (Å²) in [5.74, 6) is 0.691. The van der Waals surface area contributed by atoms with Gasteiger partial charge in [0.05, 0.1) is 25.4 Å². The minimum absolute atomic E-state index is 0.0966. The zero-order chi connectivity index (χ0) is 18.8. The SMILES string of the molecule is CCOC(=O)c1c(NC(=O)C23CC4CC(CC(C4)O2)C3)sc2c1C(C)OC2. The first-order valence-corrected chi connectivity index (χ1v) is 10.7. The largest absolute Gasteiger partial charge is 0.462 e. The molecule has 2 saturated heterocycles. The van der Waals surface area contributed by atoms with Gasteiger partial charge in [-0.2, -0.15) is 0 Å². The molecule has 5 aliphatic rings. The van der Waals surface area contributed by atoms with Crippen LogP contribution in [-0.4, -0.2) is 30.2 Å². The molecule has 3 unspecified atom stereocenters. The summed E-state index contributed by atoms with van der Waals surface area (Å²) in [6.07, 6.45) is 5.04. The molecule has 0 spiro atoms. The van der Waals surface area contributed by atoms with Crippen molar-refractivity contribution in [2.24, 2.45) is 11.8 Å². The summed E-state index contributed by atoms with van der Waals surface area (Å²) in [5.41, 5.74) is 0.595. The second kappa shape index (κ2) is 6.29. The Balaban J connectivity index is 1.45. The smallest absolute Gasteiger partial charge is 0.341 e. The van der Waals surface area contributed by atoms with Gasteiger partial charge in [0.25, 0.3) is 5.91 Å². The predicted molar refractivity (Wildman–Crippen MR) is 99.8 cm³/mol. The number of thiophene rings is 1. The minimum atomic E-state index is -0.725. The van der Waals surface area contributed by atoms with E-state index in [1.54, 1.807) is 6.92 Å². The second-order valence-corrected chi connectivity index (χ2v) is 9.46. The van der Waals surface area contributed by atoms with Gasteiger partial charge in [0.15, 0.2) is 0 Å². The first-order chi connectivity index (χ1) is 13.0. The zero-order valence-corrected chi connectivity index (χ0v) is 16.5. The number of amides is 1. The second-order valence-electron chi connectivity index (χ2n) is 8.35. The van der Waals surface area contributed by atoms with Crippen LogP contribution in [0.25, 0.3) is 0 Å². The van der Waals surface area contributed by atoms with E-state index in [1.807, 2.05) is 6.92 Å². The molecule has 3 atom stereocenters. The van der Waals surface area contributed by atoms with Gasteiger partial charge in [-0.25, -0.2) is 4.79 Å². The van der Waals surface area contributed by atoms with E-state index >= 15 is 0 Å². The summed E-state index contributed by atoms with van der Waals surface area (Å²) >= 11 is 1.43. The molecule has 146 valence electrons. The Hall–Kier alpha value is -1.44. The highest BCUT2D eigenvalue weighted by molar-refractivity contribution is 7.17. The van der Waals surface area contributed by atoms with Crippen molar-refractivity contribution in [1.29, 1.82) is 0 Å². The standard InChI is InChI=1S/C20H25NO5S/c1-3-24-18(22)16-15-10(2)25-9-14(15)27-17(16)21-19(23)20-7-11-4-12(8-20)6-13(5-11)26-20/h10-13H,3-9H2,1-2H3,(H,21,23). The van der Waals surface area contributed by atoms with Crippen LogP contribution in [0, 0.1) is 11.8 Å². The van der Waals surface area contributed by atoms with Crippen LogP contribution in [0.1, 0.15) is 72.9 Å². The molecule has 1 amide bonds. The first kappa shape index (κ1) is 17.6. The fraction of sp³-hybridized carbons (Fsp3) is 0.700. The van der Waals surface area contributed by atoms with Crippen molar-refractivity contribution < 1.29 is 23.8 Å². The van der Waals surface area contributed by atoms with E-state index in [2.05, 4.69) is 5.32 Å². The molecule has 2 aliphatic carbocycles. The summed E-state index contributed by atoms with van der Waals surface area (Å²) in [6.45, 7) is 4.47. The third-order valence-electron chi connectivity index (χ3n) is 6.50. The van der Waals surface area contributed by atoms with Crippen LogP contribution in [0.4, 0.5) is 5.00 Å². The molecule has 3 aliphatic heterocycles. The van der Waals surface area contributed by atoms with Crippen LogP contribution in [0.2, 0.25) is 0 Å². The molecule has 0 radical (unpaired) electrons. The number of hydrogen-bond acceptors (Lipinski definition) is 6. The van der Waals surface area contributed by atoms with Crippen molar-refractivity contribution >= 4 is 28.2 Å². The van der Waals surface area contributed by atoms with Gasteiger partial charge in [-0.15, -0.1) is 11.3 Å². The number of hydrogen-bond donors (Lipinski definition) is 1. The normalized spacial score (nSPS) is 35.9. The van der Waals surface area contributed by atoms with E-state index in [0.717, 1.165) is 36.1 Å². The Bertz CT molecular complexity index is 765. The Morgan fingerprint density at radius 1 is 1.26 bits per heavy atom. The summed E-state index contributed by atoms with van der Waals surface area (Å²) in [7, 11) is 0. The quantitative estimate of drug-likeness (QED) is 0.790. The van der Waals surface area contributed by atoms with E-state index in [1.165, 1.54) is 17.8 Å². The number of anilines is 1. The van der Waals surface area contributed by atoms with Gasteiger partial charge in [-0.1, -0.05) is 0 Å². The van der Waals surface area contributed by atoms with Crippen LogP contribution in [0.3, 0.4) is 0 Å². The maximum absolute atomic E-state index is 13.3. The highest BCUT2D eigenvalue weighted by Gasteiger charge is 2.56. The zero-order valence-electron chi connectivity index (χ0n) is 15.7. The number of fused-ring (bicyclic) bond motifs is 1. The van der Waals surface area contributed by atoms with Gasteiger partial charge in [-0.05, 0) is 57.8 Å². The fourth-order valence-corrected chi connectivity index (χ4v) is 6.82. The first-order valence-electron chi connectivity index (χ1n) is 9.92. The van der Waals surface area contributed by atoms with Crippen LogP contribution in [-0.2, 0) is 25.6 Å². The molecule has 1 aromatic heterocycles. The Kier molecular flexibility index (Phi) is 4.11. The average Bonchev–Trinajstić information content (AvgIpc) is 3.13. The Labute approximate surface area is 162 Å². The highest BCUT2D eigenvalue weighted by atomic mass is 32.1. The lowest BCUT2D eigenvalue weighted by molar-refractivity contribution is -0.215. The lowest BCUT2D eigenvalue weighted by Gasteiger charge is -2.55. The lowest BCUT2D eigenvalue weighted by Crippen LogP contribution is -2.60. The van der Waals surface area contributed by atoms with Crippen LogP contribution in [0.5, 0.6) is 0 Å². The van der Waals surface area contributed by atoms with Gasteiger partial charge in [0, 0.05) is 10.4 Å². The number of esters is 1. The summed E-state index contributed by atoms with van der Waals surface area (Å²) < 4.78 is 17.2. The predicted octanol–water partition coefficient (Wildman–Crippen LogP) is 3.80. The molecule has 1 N–H and O–H groups in total. The van der Waals surface area contributed by atoms with Crippen molar-refractivity contribution in [2.75, 3.05) is 11.9 Å². The molecule has 7 heteroatoms. The van der Waals surface area contributed by atoms with Gasteiger partial charge in [0.1, 0.15) is 16.2 Å². The third-order valence-corrected chi connectivity index (χ3v) is 7.60. The van der Waals surface area contributed by atoms with E-state index in [0.29, 0.717) is 35.6 Å². The number of rotatable bonds is 4. The van der Waals surface area contributed by atoms with Crippen molar-refractivity contribution in [3.8, 4) is 0 Å². The van der Waals surface area contributed by atoms with Crippen LogP contribution < -0.4 is 5.32 Å². The van der Waals surface area contributed by atoms with Crippen molar-refractivity contribution in [3.05, 3.63) is 16.0 Å². The van der Waals surface area contributed by atoms with Gasteiger partial charge in [0.2, 0.25) is 0 Å². The third kappa shape index (κ3) is 2.74. The molecule has 0 aromatic carbocycles. The molecule has 6 nitrogen and oxygen atoms in total. The highest BCUT2D eigenvalue weighted by Crippen LogP contribution is 2.54. The molecule has 27 heavy (non-hydrogen) atoms. The van der Waals surface area contributed by atoms with E-state index in [9.17, 15) is 9.59 Å². The average molecular weight is 391 g/mol. The van der Waals surface area contributed by atoms with Crippen LogP contribution >= 0.6 is 11.3 Å². The molecule has 4 heterocycles. The van der Waals surface area contributed by atoms with Crippen molar-refractivity contribution in [3.63, 3.8) is 0 Å². The van der Waals surface area contributed by atoms with E-state index in [4.69, 9.17) is 14.2 Å². The molecule has 4 fully saturated rings. The summed E-state index contributed by atoms with van der Waals surface area (Å²) in [6, 6.07) is 0. The fourth-order valence-electron chi connectivity index (χ4n) is 5.63. The molecule has 4 bridgehead atoms. The molecular formula is C20H25NO5S. The summed E-state index contributed by atoms with van der Waals surface area (Å²) in [5, 5.41) is 3.64. The van der Waals surface area contributed by atoms with Crippen LogP contribution in [0.15, 0.2) is 0 Å². The maximum Gasteiger partial charge on any atom is 0.341 e. The van der Waals surface area contributed by atoms with Crippen molar-refractivity contribution in [1.82, 2.24) is 0 Å². The molecular weight excluding hydrogens is 366 g/mol. The van der Waals surface area contributed by atoms with E-state index < -0.39 is 11.6 Å². The van der Waals surface area contributed by atoms with Gasteiger partial charge >= 0.3 is 5.97 Å². The Morgan fingerprint density at radius 3 is 2.67 bits per heavy atom. The van der Waals surface area contributed by atoms with Gasteiger partial charge in [-0.3, -0.25) is 4.79 Å². The van der Waals surface area contributed by atoms with E-state index in [-0.39, 0.29) is 18.1 Å². The monoisotopic (exact) mass is 391 g/mol. The topological polar surface area (TPSA) is 73.9 Å². The molecule has 6 rings (SSSR count). The minimum Gasteiger partial charge on any atom is -0.462 e. The maximum atomic E-state index is 13.3. The molecule has 2 saturated carbocycles. The van der Waals surface area contributed by atoms with Crippen molar-refractivity contribution in [2.45, 2.75) is 70.4 Å². The Morgan fingerprint density at radius 2 is 2.00 bits per heavy atom. The molecule has 1 aromatic rings. The van der Waals surface area contributed by atoms with Gasteiger partial charge < -0.3 is 19.5 Å². The number of carbonyl (C=O) groups is 2.